The summed E-state index contributed by atoms with van der Waals surface area (Å²) in [6, 6.07) is 12.6. The van der Waals surface area contributed by atoms with Gasteiger partial charge in [-0.05, 0) is 49.0 Å². The normalized spacial score (nSPS) is 10.5. The fourth-order valence-electron chi connectivity index (χ4n) is 1.74. The Labute approximate surface area is 120 Å². The highest BCUT2D eigenvalue weighted by molar-refractivity contribution is 9.10. The Bertz CT molecular complexity index is 542. The lowest BCUT2D eigenvalue weighted by Gasteiger charge is -2.09. The lowest BCUT2D eigenvalue weighted by molar-refractivity contribution is 0.299. The van der Waals surface area contributed by atoms with Gasteiger partial charge in [0.05, 0.1) is 0 Å². The van der Waals surface area contributed by atoms with Crippen LogP contribution >= 0.6 is 15.9 Å². The second kappa shape index (κ2) is 6.68. The number of benzene rings is 2. The van der Waals surface area contributed by atoms with Crippen molar-refractivity contribution in [2.75, 3.05) is 7.05 Å². The summed E-state index contributed by atoms with van der Waals surface area (Å²) in [5, 5.41) is 3.04. The van der Waals surface area contributed by atoms with E-state index in [1.165, 1.54) is 6.07 Å². The average Bonchev–Trinajstić information content (AvgIpc) is 2.41. The molecule has 0 heterocycles. The van der Waals surface area contributed by atoms with Crippen LogP contribution in [0.15, 0.2) is 46.9 Å². The Balaban J connectivity index is 2.05. The van der Waals surface area contributed by atoms with E-state index in [9.17, 15) is 4.39 Å². The van der Waals surface area contributed by atoms with Gasteiger partial charge in [-0.15, -0.1) is 0 Å². The Morgan fingerprint density at radius 3 is 2.58 bits per heavy atom. The van der Waals surface area contributed by atoms with Gasteiger partial charge in [0.1, 0.15) is 18.2 Å². The minimum Gasteiger partial charge on any atom is -0.489 e. The molecule has 1 N–H and O–H groups in total. The smallest absolute Gasteiger partial charge is 0.129 e. The van der Waals surface area contributed by atoms with Crippen LogP contribution < -0.4 is 10.1 Å². The second-order valence-electron chi connectivity index (χ2n) is 4.20. The molecule has 2 aromatic rings. The monoisotopic (exact) mass is 323 g/mol. The van der Waals surface area contributed by atoms with Gasteiger partial charge in [0.25, 0.3) is 0 Å². The van der Waals surface area contributed by atoms with Gasteiger partial charge in [0.2, 0.25) is 0 Å². The molecule has 4 heteroatoms. The summed E-state index contributed by atoms with van der Waals surface area (Å²) in [6.07, 6.45) is 0. The van der Waals surface area contributed by atoms with Crippen LogP contribution in [0.25, 0.3) is 0 Å². The maximum atomic E-state index is 13.7. The van der Waals surface area contributed by atoms with Crippen molar-refractivity contribution < 1.29 is 9.13 Å². The molecular formula is C15H15BrFNO. The van der Waals surface area contributed by atoms with Crippen molar-refractivity contribution in [3.05, 3.63) is 63.9 Å². The summed E-state index contributed by atoms with van der Waals surface area (Å²) in [6.45, 7) is 0.941. The van der Waals surface area contributed by atoms with E-state index in [2.05, 4.69) is 21.2 Å². The van der Waals surface area contributed by atoms with E-state index >= 15 is 0 Å². The maximum absolute atomic E-state index is 13.7. The Morgan fingerprint density at radius 1 is 1.16 bits per heavy atom. The van der Waals surface area contributed by atoms with Crippen LogP contribution in [0.4, 0.5) is 4.39 Å². The number of rotatable bonds is 5. The zero-order valence-corrected chi connectivity index (χ0v) is 12.2. The predicted molar refractivity (Wildman–Crippen MR) is 77.6 cm³/mol. The molecule has 0 unspecified atom stereocenters. The van der Waals surface area contributed by atoms with E-state index in [4.69, 9.17) is 4.74 Å². The molecule has 0 atom stereocenters. The van der Waals surface area contributed by atoms with E-state index in [0.29, 0.717) is 12.1 Å². The van der Waals surface area contributed by atoms with Crippen molar-refractivity contribution in [3.63, 3.8) is 0 Å². The summed E-state index contributed by atoms with van der Waals surface area (Å²) in [5.74, 6) is 0.485. The molecule has 0 aromatic heterocycles. The molecule has 0 spiro atoms. The maximum Gasteiger partial charge on any atom is 0.129 e. The van der Waals surface area contributed by atoms with Gasteiger partial charge in [0.15, 0.2) is 0 Å². The molecule has 2 aromatic carbocycles. The third-order valence-electron chi connectivity index (χ3n) is 2.70. The quantitative estimate of drug-likeness (QED) is 0.901. The molecule has 0 saturated carbocycles. The van der Waals surface area contributed by atoms with E-state index in [-0.39, 0.29) is 12.4 Å². The fourth-order valence-corrected chi connectivity index (χ4v) is 2.01. The lowest BCUT2D eigenvalue weighted by atomic mass is 10.1. The molecule has 19 heavy (non-hydrogen) atoms. The van der Waals surface area contributed by atoms with Crippen molar-refractivity contribution in [3.8, 4) is 5.75 Å². The first kappa shape index (κ1) is 14.0. The first-order valence-corrected chi connectivity index (χ1v) is 6.78. The molecule has 0 aliphatic heterocycles. The number of halogens is 2. The standard InChI is InChI=1S/C15H15BrFNO/c1-18-9-11-2-7-15(17)12(8-11)10-19-14-5-3-13(16)4-6-14/h2-8,18H,9-10H2,1H3. The molecule has 0 saturated heterocycles. The summed E-state index contributed by atoms with van der Waals surface area (Å²) < 4.78 is 20.2. The molecular weight excluding hydrogens is 309 g/mol. The first-order chi connectivity index (χ1) is 9.19. The van der Waals surface area contributed by atoms with Gasteiger partial charge in [-0.25, -0.2) is 4.39 Å². The van der Waals surface area contributed by atoms with Gasteiger partial charge in [-0.2, -0.15) is 0 Å². The minimum atomic E-state index is -0.239. The van der Waals surface area contributed by atoms with Crippen molar-refractivity contribution >= 4 is 15.9 Å². The Morgan fingerprint density at radius 2 is 1.89 bits per heavy atom. The lowest BCUT2D eigenvalue weighted by Crippen LogP contribution is -2.07. The molecule has 0 aliphatic rings. The van der Waals surface area contributed by atoms with E-state index in [0.717, 1.165) is 15.8 Å². The largest absolute Gasteiger partial charge is 0.489 e. The van der Waals surface area contributed by atoms with Gasteiger partial charge < -0.3 is 10.1 Å². The zero-order chi connectivity index (χ0) is 13.7. The predicted octanol–water partition coefficient (Wildman–Crippen LogP) is 3.89. The highest BCUT2D eigenvalue weighted by Crippen LogP contribution is 2.18. The van der Waals surface area contributed by atoms with Crippen molar-refractivity contribution in [2.24, 2.45) is 0 Å². The van der Waals surface area contributed by atoms with Crippen molar-refractivity contribution in [1.82, 2.24) is 5.32 Å². The Hall–Kier alpha value is -1.39. The van der Waals surface area contributed by atoms with E-state index < -0.39 is 0 Å². The molecule has 0 aliphatic carbocycles. The number of hydrogen-bond acceptors (Lipinski definition) is 2. The average molecular weight is 324 g/mol. The van der Waals surface area contributed by atoms with Crippen LogP contribution in [-0.2, 0) is 13.2 Å². The van der Waals surface area contributed by atoms with Gasteiger partial charge in [-0.3, -0.25) is 0 Å². The topological polar surface area (TPSA) is 21.3 Å². The fraction of sp³-hybridized carbons (Fsp3) is 0.200. The summed E-state index contributed by atoms with van der Waals surface area (Å²) >= 11 is 3.36. The molecule has 100 valence electrons. The SMILES string of the molecule is CNCc1ccc(F)c(COc2ccc(Br)cc2)c1. The highest BCUT2D eigenvalue weighted by atomic mass is 79.9. The van der Waals surface area contributed by atoms with Gasteiger partial charge in [-0.1, -0.05) is 22.0 Å². The summed E-state index contributed by atoms with van der Waals surface area (Å²) in [4.78, 5) is 0. The highest BCUT2D eigenvalue weighted by Gasteiger charge is 2.04. The summed E-state index contributed by atoms with van der Waals surface area (Å²) in [7, 11) is 1.86. The van der Waals surface area contributed by atoms with E-state index in [1.54, 1.807) is 6.07 Å². The van der Waals surface area contributed by atoms with Crippen molar-refractivity contribution in [2.45, 2.75) is 13.2 Å². The molecule has 2 rings (SSSR count). The van der Waals surface area contributed by atoms with Crippen molar-refractivity contribution in [1.29, 1.82) is 0 Å². The molecule has 0 fully saturated rings. The van der Waals surface area contributed by atoms with Gasteiger partial charge in [0, 0.05) is 16.6 Å². The number of ether oxygens (including phenoxy) is 1. The Kier molecular flexibility index (Phi) is 4.93. The van der Waals surface area contributed by atoms with E-state index in [1.807, 2.05) is 37.4 Å². The minimum absolute atomic E-state index is 0.227. The third-order valence-corrected chi connectivity index (χ3v) is 3.23. The van der Waals surface area contributed by atoms with Crippen LogP contribution in [0.1, 0.15) is 11.1 Å². The second-order valence-corrected chi connectivity index (χ2v) is 5.11. The number of hydrogen-bond donors (Lipinski definition) is 1. The summed E-state index contributed by atoms with van der Waals surface area (Å²) in [5.41, 5.74) is 1.61. The van der Waals surface area contributed by atoms with Crippen LogP contribution in [0.3, 0.4) is 0 Å². The van der Waals surface area contributed by atoms with Crippen LogP contribution in [0.5, 0.6) is 5.75 Å². The zero-order valence-electron chi connectivity index (χ0n) is 10.6. The first-order valence-electron chi connectivity index (χ1n) is 5.99. The third kappa shape index (κ3) is 4.04. The van der Waals surface area contributed by atoms with Gasteiger partial charge >= 0.3 is 0 Å². The molecule has 0 bridgehead atoms. The molecule has 0 amide bonds. The van der Waals surface area contributed by atoms with Crippen LogP contribution in [0.2, 0.25) is 0 Å². The molecule has 2 nitrogen and oxygen atoms in total. The number of nitrogens with one attached hydrogen (secondary N) is 1. The molecule has 0 radical (unpaired) electrons. The van der Waals surface area contributed by atoms with Crippen LogP contribution in [0, 0.1) is 5.82 Å². The van der Waals surface area contributed by atoms with Crippen LogP contribution in [-0.4, -0.2) is 7.05 Å².